The maximum absolute atomic E-state index is 12.9. The molecular formula is C17H27FN2O2S. The second-order valence-electron chi connectivity index (χ2n) is 7.34. The maximum atomic E-state index is 12.9. The number of halogens is 1. The van der Waals surface area contributed by atoms with Gasteiger partial charge in [0.15, 0.2) is 0 Å². The number of sulfonamides is 1. The van der Waals surface area contributed by atoms with Crippen LogP contribution in [0.5, 0.6) is 0 Å². The van der Waals surface area contributed by atoms with Crippen LogP contribution in [0, 0.1) is 11.7 Å². The van der Waals surface area contributed by atoms with E-state index < -0.39 is 14.8 Å². The van der Waals surface area contributed by atoms with Crippen LogP contribution in [-0.4, -0.2) is 25.8 Å². The molecule has 0 amide bonds. The van der Waals surface area contributed by atoms with E-state index >= 15 is 0 Å². The van der Waals surface area contributed by atoms with Gasteiger partial charge in [-0.1, -0.05) is 0 Å². The molecule has 0 atom stereocenters. The summed E-state index contributed by atoms with van der Waals surface area (Å²) in [5.74, 6) is 0.289. The van der Waals surface area contributed by atoms with E-state index in [1.807, 2.05) is 0 Å². The van der Waals surface area contributed by atoms with Gasteiger partial charge in [0.1, 0.15) is 5.82 Å². The third kappa shape index (κ3) is 5.18. The van der Waals surface area contributed by atoms with Crippen LogP contribution in [0.4, 0.5) is 10.1 Å². The monoisotopic (exact) mass is 342 g/mol. The van der Waals surface area contributed by atoms with Gasteiger partial charge in [0.2, 0.25) is 10.0 Å². The zero-order valence-corrected chi connectivity index (χ0v) is 14.9. The lowest BCUT2D eigenvalue weighted by molar-refractivity contribution is 0.322. The van der Waals surface area contributed by atoms with Crippen molar-refractivity contribution < 1.29 is 12.8 Å². The van der Waals surface area contributed by atoms with Crippen molar-refractivity contribution in [2.45, 2.75) is 57.2 Å². The highest BCUT2D eigenvalue weighted by Crippen LogP contribution is 2.26. The average Bonchev–Trinajstić information content (AvgIpc) is 2.47. The van der Waals surface area contributed by atoms with Gasteiger partial charge in [-0.25, -0.2) is 17.5 Å². The van der Waals surface area contributed by atoms with Gasteiger partial charge >= 0.3 is 0 Å². The normalized spacial score (nSPS) is 22.8. The van der Waals surface area contributed by atoms with E-state index in [-0.39, 0.29) is 11.9 Å². The average molecular weight is 342 g/mol. The predicted octanol–water partition coefficient (Wildman–Crippen LogP) is 3.51. The van der Waals surface area contributed by atoms with E-state index in [2.05, 4.69) is 10.0 Å². The number of anilines is 1. The third-order valence-electron chi connectivity index (χ3n) is 4.41. The highest BCUT2D eigenvalue weighted by molar-refractivity contribution is 7.90. The number of nitrogens with one attached hydrogen (secondary N) is 2. The molecular weight excluding hydrogens is 315 g/mol. The zero-order valence-electron chi connectivity index (χ0n) is 14.1. The highest BCUT2D eigenvalue weighted by atomic mass is 32.2. The molecule has 1 aromatic rings. The summed E-state index contributed by atoms with van der Waals surface area (Å²) >= 11 is 0. The Morgan fingerprint density at radius 2 is 1.65 bits per heavy atom. The Bertz CT molecular complexity index is 600. The summed E-state index contributed by atoms with van der Waals surface area (Å²) in [6.07, 6.45) is 3.72. The Hall–Kier alpha value is -1.14. The predicted molar refractivity (Wildman–Crippen MR) is 92.4 cm³/mol. The van der Waals surface area contributed by atoms with Gasteiger partial charge in [-0.05, 0) is 76.6 Å². The quantitative estimate of drug-likeness (QED) is 0.861. The molecule has 1 aliphatic carbocycles. The van der Waals surface area contributed by atoms with Crippen molar-refractivity contribution >= 4 is 15.7 Å². The lowest BCUT2D eigenvalue weighted by atomic mass is 9.86. The minimum atomic E-state index is -3.28. The molecule has 1 saturated carbocycles. The fourth-order valence-corrected chi connectivity index (χ4v) is 3.74. The van der Waals surface area contributed by atoms with Crippen molar-refractivity contribution in [1.82, 2.24) is 4.72 Å². The standard InChI is InChI=1S/C17H27FN2O2S/c1-17(2,3)23(21,22)20-16-8-4-13(5-9-16)12-19-15-10-6-14(18)7-11-15/h6-7,10-11,13,16,19-20H,4-5,8-9,12H2,1-3H3/t13-,16-. The smallest absolute Gasteiger partial charge is 0.216 e. The molecule has 1 fully saturated rings. The molecule has 0 bridgehead atoms. The van der Waals surface area contributed by atoms with Crippen LogP contribution < -0.4 is 10.0 Å². The summed E-state index contributed by atoms with van der Waals surface area (Å²) in [6, 6.07) is 6.40. The fourth-order valence-electron chi connectivity index (χ4n) is 2.71. The van der Waals surface area contributed by atoms with Gasteiger partial charge in [0.25, 0.3) is 0 Å². The second-order valence-corrected chi connectivity index (χ2v) is 9.81. The molecule has 0 spiro atoms. The molecule has 0 aromatic heterocycles. The Morgan fingerprint density at radius 3 is 2.17 bits per heavy atom. The molecule has 1 aliphatic rings. The minimum Gasteiger partial charge on any atom is -0.385 e. The summed E-state index contributed by atoms with van der Waals surface area (Å²) in [7, 11) is -3.28. The molecule has 0 unspecified atom stereocenters. The number of hydrogen-bond donors (Lipinski definition) is 2. The lowest BCUT2D eigenvalue weighted by Crippen LogP contribution is -2.46. The van der Waals surface area contributed by atoms with Crippen LogP contribution in [0.15, 0.2) is 24.3 Å². The third-order valence-corrected chi connectivity index (χ3v) is 6.67. The first-order valence-corrected chi connectivity index (χ1v) is 9.67. The molecule has 2 rings (SSSR count). The van der Waals surface area contributed by atoms with E-state index in [4.69, 9.17) is 0 Å². The van der Waals surface area contributed by atoms with Gasteiger partial charge in [-0.3, -0.25) is 0 Å². The van der Waals surface area contributed by atoms with Crippen molar-refractivity contribution in [2.75, 3.05) is 11.9 Å². The van der Waals surface area contributed by atoms with Crippen LogP contribution in [0.25, 0.3) is 0 Å². The number of hydrogen-bond acceptors (Lipinski definition) is 3. The van der Waals surface area contributed by atoms with Gasteiger partial charge in [-0.2, -0.15) is 0 Å². The van der Waals surface area contributed by atoms with Gasteiger partial charge in [0.05, 0.1) is 4.75 Å². The fraction of sp³-hybridized carbons (Fsp3) is 0.647. The van der Waals surface area contributed by atoms with E-state index in [0.717, 1.165) is 37.9 Å². The second kappa shape index (κ2) is 7.18. The SMILES string of the molecule is CC(C)(C)S(=O)(=O)N[C@H]1CC[C@H](CNc2ccc(F)cc2)CC1. The van der Waals surface area contributed by atoms with Crippen molar-refractivity contribution in [3.8, 4) is 0 Å². The molecule has 6 heteroatoms. The summed E-state index contributed by atoms with van der Waals surface area (Å²) < 4.78 is 39.3. The summed E-state index contributed by atoms with van der Waals surface area (Å²) in [4.78, 5) is 0. The molecule has 4 nitrogen and oxygen atoms in total. The van der Waals surface area contributed by atoms with Crippen LogP contribution >= 0.6 is 0 Å². The first kappa shape index (κ1) is 18.2. The Labute approximate surface area is 138 Å². The largest absolute Gasteiger partial charge is 0.385 e. The van der Waals surface area contributed by atoms with E-state index in [9.17, 15) is 12.8 Å². The van der Waals surface area contributed by atoms with Crippen molar-refractivity contribution in [1.29, 1.82) is 0 Å². The molecule has 23 heavy (non-hydrogen) atoms. The Morgan fingerprint density at radius 1 is 1.09 bits per heavy atom. The van der Waals surface area contributed by atoms with Crippen LogP contribution in [0.3, 0.4) is 0 Å². The van der Waals surface area contributed by atoms with Gasteiger partial charge in [-0.15, -0.1) is 0 Å². The van der Waals surface area contributed by atoms with Gasteiger partial charge < -0.3 is 5.32 Å². The molecule has 0 saturated heterocycles. The minimum absolute atomic E-state index is 0.0429. The summed E-state index contributed by atoms with van der Waals surface area (Å²) in [5.41, 5.74) is 0.918. The summed E-state index contributed by atoms with van der Waals surface area (Å²) in [6.45, 7) is 5.99. The molecule has 0 aliphatic heterocycles. The van der Waals surface area contributed by atoms with E-state index in [1.165, 1.54) is 12.1 Å². The lowest BCUT2D eigenvalue weighted by Gasteiger charge is -2.31. The molecule has 0 heterocycles. The highest BCUT2D eigenvalue weighted by Gasteiger charge is 2.32. The number of rotatable bonds is 5. The first-order chi connectivity index (χ1) is 10.7. The van der Waals surface area contributed by atoms with Crippen molar-refractivity contribution in [3.63, 3.8) is 0 Å². The van der Waals surface area contributed by atoms with Crippen LogP contribution in [0.1, 0.15) is 46.5 Å². The first-order valence-electron chi connectivity index (χ1n) is 8.19. The zero-order chi connectivity index (χ0) is 17.1. The molecule has 1 aromatic carbocycles. The van der Waals surface area contributed by atoms with E-state index in [1.54, 1.807) is 32.9 Å². The van der Waals surface area contributed by atoms with Crippen molar-refractivity contribution in [2.24, 2.45) is 5.92 Å². The maximum Gasteiger partial charge on any atom is 0.216 e. The van der Waals surface area contributed by atoms with Crippen LogP contribution in [-0.2, 0) is 10.0 Å². The molecule has 2 N–H and O–H groups in total. The Balaban J connectivity index is 1.77. The topological polar surface area (TPSA) is 58.2 Å². The Kier molecular flexibility index (Phi) is 5.68. The van der Waals surface area contributed by atoms with Crippen LogP contribution in [0.2, 0.25) is 0 Å². The molecule has 0 radical (unpaired) electrons. The molecule has 130 valence electrons. The summed E-state index contributed by atoms with van der Waals surface area (Å²) in [5, 5.41) is 3.32. The van der Waals surface area contributed by atoms with E-state index in [0.29, 0.717) is 5.92 Å². The van der Waals surface area contributed by atoms with Gasteiger partial charge in [0, 0.05) is 18.3 Å². The van der Waals surface area contributed by atoms with Crippen molar-refractivity contribution in [3.05, 3.63) is 30.1 Å². The number of benzene rings is 1.